The van der Waals surface area contributed by atoms with E-state index in [4.69, 9.17) is 23.2 Å². The summed E-state index contributed by atoms with van der Waals surface area (Å²) in [4.78, 5) is 16.8. The number of halogens is 2. The summed E-state index contributed by atoms with van der Waals surface area (Å²) in [6.45, 7) is 3.36. The van der Waals surface area contributed by atoms with Crippen LogP contribution < -0.4 is 0 Å². The largest absolute Gasteiger partial charge is 0.336 e. The molecule has 2 aromatic carbocycles. The first-order valence-corrected chi connectivity index (χ1v) is 8.33. The van der Waals surface area contributed by atoms with Crippen molar-refractivity contribution < 1.29 is 4.79 Å². The average Bonchev–Trinajstić information content (AvgIpc) is 2.54. The molecule has 1 fully saturated rings. The Morgan fingerprint density at radius 2 is 1.57 bits per heavy atom. The van der Waals surface area contributed by atoms with Gasteiger partial charge in [-0.2, -0.15) is 0 Å². The molecule has 0 radical (unpaired) electrons. The van der Waals surface area contributed by atoms with Crippen LogP contribution in [0.25, 0.3) is 11.1 Å². The second kappa shape index (κ2) is 6.91. The van der Waals surface area contributed by atoms with Crippen LogP contribution in [0.1, 0.15) is 10.4 Å². The van der Waals surface area contributed by atoms with Crippen molar-refractivity contribution >= 4 is 29.1 Å². The van der Waals surface area contributed by atoms with E-state index >= 15 is 0 Å². The molecule has 0 unspecified atom stereocenters. The van der Waals surface area contributed by atoms with Gasteiger partial charge in [-0.3, -0.25) is 4.79 Å². The Kier molecular flexibility index (Phi) is 4.90. The molecule has 0 aliphatic carbocycles. The van der Waals surface area contributed by atoms with Gasteiger partial charge in [-0.15, -0.1) is 0 Å². The second-order valence-electron chi connectivity index (χ2n) is 5.83. The van der Waals surface area contributed by atoms with E-state index in [9.17, 15) is 4.79 Å². The molecule has 1 amide bonds. The van der Waals surface area contributed by atoms with Gasteiger partial charge in [0, 0.05) is 41.8 Å². The summed E-state index contributed by atoms with van der Waals surface area (Å²) in [5.74, 6) is 0.0769. The van der Waals surface area contributed by atoms with Crippen LogP contribution in [-0.2, 0) is 0 Å². The number of hydrogen-bond acceptors (Lipinski definition) is 2. The van der Waals surface area contributed by atoms with E-state index < -0.39 is 0 Å². The molecule has 1 aliphatic heterocycles. The van der Waals surface area contributed by atoms with E-state index in [1.165, 1.54) is 0 Å². The maximum atomic E-state index is 12.7. The molecule has 1 heterocycles. The lowest BCUT2D eigenvalue weighted by Gasteiger charge is -2.32. The maximum absolute atomic E-state index is 12.7. The Morgan fingerprint density at radius 1 is 0.913 bits per heavy atom. The van der Waals surface area contributed by atoms with Crippen molar-refractivity contribution in [3.8, 4) is 11.1 Å². The molecule has 3 rings (SSSR count). The van der Waals surface area contributed by atoms with Gasteiger partial charge in [0.15, 0.2) is 0 Å². The third-order valence-corrected chi connectivity index (χ3v) is 4.53. The van der Waals surface area contributed by atoms with E-state index in [0.717, 1.165) is 37.3 Å². The molecule has 2 aromatic rings. The van der Waals surface area contributed by atoms with Crippen molar-refractivity contribution in [1.29, 1.82) is 0 Å². The minimum absolute atomic E-state index is 0.0769. The quantitative estimate of drug-likeness (QED) is 0.817. The number of carbonyl (C=O) groups is 1. The summed E-state index contributed by atoms with van der Waals surface area (Å²) < 4.78 is 0. The Balaban J connectivity index is 1.86. The molecule has 0 N–H and O–H groups in total. The normalized spacial score (nSPS) is 15.7. The van der Waals surface area contributed by atoms with Gasteiger partial charge in [0.05, 0.1) is 0 Å². The second-order valence-corrected chi connectivity index (χ2v) is 6.71. The number of likely N-dealkylation sites (N-methyl/N-ethyl adjacent to an activating group) is 1. The van der Waals surface area contributed by atoms with E-state index in [1.54, 1.807) is 6.07 Å². The van der Waals surface area contributed by atoms with Crippen molar-refractivity contribution in [3.05, 3.63) is 58.1 Å². The minimum Gasteiger partial charge on any atom is -0.336 e. The first kappa shape index (κ1) is 16.3. The highest BCUT2D eigenvalue weighted by Crippen LogP contribution is 2.28. The van der Waals surface area contributed by atoms with Crippen LogP contribution in [0.2, 0.25) is 10.0 Å². The summed E-state index contributed by atoms with van der Waals surface area (Å²) in [6, 6.07) is 13.0. The Morgan fingerprint density at radius 3 is 2.22 bits per heavy atom. The Bertz CT molecular complexity index is 704. The molecule has 5 heteroatoms. The maximum Gasteiger partial charge on any atom is 0.253 e. The lowest BCUT2D eigenvalue weighted by molar-refractivity contribution is 0.0664. The van der Waals surface area contributed by atoms with Crippen molar-refractivity contribution in [2.24, 2.45) is 0 Å². The molecule has 0 aromatic heterocycles. The number of piperazine rings is 1. The average molecular weight is 349 g/mol. The molecule has 0 saturated carbocycles. The summed E-state index contributed by atoms with van der Waals surface area (Å²) in [5, 5.41) is 1.17. The van der Waals surface area contributed by atoms with E-state index in [2.05, 4.69) is 11.9 Å². The van der Waals surface area contributed by atoms with Crippen LogP contribution in [0.15, 0.2) is 42.5 Å². The number of nitrogens with zero attached hydrogens (tertiary/aromatic N) is 2. The third-order valence-electron chi connectivity index (χ3n) is 4.10. The zero-order valence-electron chi connectivity index (χ0n) is 12.9. The number of hydrogen-bond donors (Lipinski definition) is 0. The topological polar surface area (TPSA) is 23.6 Å². The molecule has 0 bridgehead atoms. The van der Waals surface area contributed by atoms with E-state index in [-0.39, 0.29) is 5.91 Å². The Hall–Kier alpha value is -1.55. The van der Waals surface area contributed by atoms with Gasteiger partial charge in [-0.1, -0.05) is 35.3 Å². The van der Waals surface area contributed by atoms with Gasteiger partial charge < -0.3 is 9.80 Å². The van der Waals surface area contributed by atoms with Crippen molar-refractivity contribution in [2.45, 2.75) is 0 Å². The van der Waals surface area contributed by atoms with Crippen LogP contribution in [0.4, 0.5) is 0 Å². The fourth-order valence-electron chi connectivity index (χ4n) is 2.74. The predicted molar refractivity (Wildman–Crippen MR) is 95.3 cm³/mol. The van der Waals surface area contributed by atoms with E-state index in [1.807, 2.05) is 41.3 Å². The first-order valence-electron chi connectivity index (χ1n) is 7.57. The van der Waals surface area contributed by atoms with Crippen LogP contribution in [0, 0.1) is 0 Å². The standard InChI is InChI=1S/C18H18Cl2N2O/c1-21-5-7-22(8-6-21)18(23)14-4-2-3-13(9-14)15-10-16(19)12-17(20)11-15/h2-4,9-12H,5-8H2,1H3. The molecular formula is C18H18Cl2N2O. The van der Waals surface area contributed by atoms with Crippen molar-refractivity contribution in [2.75, 3.05) is 33.2 Å². The van der Waals surface area contributed by atoms with Gasteiger partial charge in [0.1, 0.15) is 0 Å². The molecule has 3 nitrogen and oxygen atoms in total. The van der Waals surface area contributed by atoms with Crippen molar-refractivity contribution in [3.63, 3.8) is 0 Å². The third kappa shape index (κ3) is 3.86. The van der Waals surface area contributed by atoms with Crippen molar-refractivity contribution in [1.82, 2.24) is 9.80 Å². The van der Waals surface area contributed by atoms with Crippen LogP contribution in [0.3, 0.4) is 0 Å². The number of benzene rings is 2. The van der Waals surface area contributed by atoms with Crippen LogP contribution in [-0.4, -0.2) is 48.9 Å². The lowest BCUT2D eigenvalue weighted by Crippen LogP contribution is -2.47. The lowest BCUT2D eigenvalue weighted by atomic mass is 10.0. The minimum atomic E-state index is 0.0769. The van der Waals surface area contributed by atoms with Crippen LogP contribution >= 0.6 is 23.2 Å². The molecule has 120 valence electrons. The number of amides is 1. The monoisotopic (exact) mass is 348 g/mol. The summed E-state index contributed by atoms with van der Waals surface area (Å²) in [5.41, 5.74) is 2.55. The predicted octanol–water partition coefficient (Wildman–Crippen LogP) is 4.05. The highest BCUT2D eigenvalue weighted by atomic mass is 35.5. The fourth-order valence-corrected chi connectivity index (χ4v) is 3.27. The van der Waals surface area contributed by atoms with Gasteiger partial charge in [0.2, 0.25) is 0 Å². The molecule has 0 atom stereocenters. The zero-order valence-corrected chi connectivity index (χ0v) is 14.4. The smallest absolute Gasteiger partial charge is 0.253 e. The SMILES string of the molecule is CN1CCN(C(=O)c2cccc(-c3cc(Cl)cc(Cl)c3)c2)CC1. The molecule has 1 aliphatic rings. The van der Waals surface area contributed by atoms with Gasteiger partial charge in [-0.25, -0.2) is 0 Å². The number of carbonyl (C=O) groups excluding carboxylic acids is 1. The summed E-state index contributed by atoms with van der Waals surface area (Å²) >= 11 is 12.1. The summed E-state index contributed by atoms with van der Waals surface area (Å²) in [6.07, 6.45) is 0. The molecule has 1 saturated heterocycles. The van der Waals surface area contributed by atoms with Gasteiger partial charge >= 0.3 is 0 Å². The number of rotatable bonds is 2. The van der Waals surface area contributed by atoms with Gasteiger partial charge in [0.25, 0.3) is 5.91 Å². The van der Waals surface area contributed by atoms with E-state index in [0.29, 0.717) is 15.6 Å². The zero-order chi connectivity index (χ0) is 16.4. The molecular weight excluding hydrogens is 331 g/mol. The highest BCUT2D eigenvalue weighted by molar-refractivity contribution is 6.35. The first-order chi connectivity index (χ1) is 11.0. The Labute approximate surface area is 146 Å². The fraction of sp³-hybridized carbons (Fsp3) is 0.278. The molecule has 23 heavy (non-hydrogen) atoms. The summed E-state index contributed by atoms with van der Waals surface area (Å²) in [7, 11) is 2.07. The molecule has 0 spiro atoms. The highest BCUT2D eigenvalue weighted by Gasteiger charge is 2.20. The van der Waals surface area contributed by atoms with Crippen LogP contribution in [0.5, 0.6) is 0 Å². The van der Waals surface area contributed by atoms with Gasteiger partial charge in [-0.05, 0) is 48.5 Å².